The lowest BCUT2D eigenvalue weighted by Crippen LogP contribution is -2.40. The molecule has 0 aromatic heterocycles. The van der Waals surface area contributed by atoms with E-state index in [1.54, 1.807) is 13.2 Å². The molecule has 0 unspecified atom stereocenters. The second-order valence-electron chi connectivity index (χ2n) is 7.92. The standard InChI is InChI=1S/C23H28INO5/c1-29-20-13-16(11-17-19(26)14-21(27)25-23(17)28)12-18(24)22(20)30-10-6-5-9-15-7-3-2-4-8-15/h11-13,15H,2-10,14H2,1H3,(H,25,27,28)/b17-11+. The fourth-order valence-electron chi connectivity index (χ4n) is 4.07. The van der Waals surface area contributed by atoms with Crippen LogP contribution in [0.4, 0.5) is 0 Å². The minimum absolute atomic E-state index is 0.0242. The van der Waals surface area contributed by atoms with E-state index in [1.807, 2.05) is 6.07 Å². The number of carbonyl (C=O) groups excluding carboxylic acids is 3. The predicted octanol–water partition coefficient (Wildman–Crippen LogP) is 4.43. The van der Waals surface area contributed by atoms with Crippen LogP contribution in [0.2, 0.25) is 0 Å². The highest BCUT2D eigenvalue weighted by Gasteiger charge is 2.28. The van der Waals surface area contributed by atoms with E-state index in [2.05, 4.69) is 27.9 Å². The van der Waals surface area contributed by atoms with Crippen molar-refractivity contribution >= 4 is 46.3 Å². The number of amides is 2. The monoisotopic (exact) mass is 525 g/mol. The highest BCUT2D eigenvalue weighted by molar-refractivity contribution is 14.1. The van der Waals surface area contributed by atoms with E-state index in [0.29, 0.717) is 23.7 Å². The molecule has 1 aromatic carbocycles. The Balaban J connectivity index is 1.61. The third-order valence-electron chi connectivity index (χ3n) is 5.66. The summed E-state index contributed by atoms with van der Waals surface area (Å²) in [5.41, 5.74) is 0.623. The topological polar surface area (TPSA) is 81.7 Å². The van der Waals surface area contributed by atoms with E-state index in [4.69, 9.17) is 9.47 Å². The van der Waals surface area contributed by atoms with Crippen molar-refractivity contribution in [3.63, 3.8) is 0 Å². The Labute approximate surface area is 190 Å². The minimum Gasteiger partial charge on any atom is -0.493 e. The SMILES string of the molecule is COc1cc(/C=C2\C(=O)CC(=O)NC2=O)cc(I)c1OCCCCC1CCCCC1. The van der Waals surface area contributed by atoms with Crippen LogP contribution in [-0.4, -0.2) is 31.3 Å². The Kier molecular flexibility index (Phi) is 8.30. The molecule has 1 aromatic rings. The van der Waals surface area contributed by atoms with Crippen LogP contribution in [0.25, 0.3) is 6.08 Å². The van der Waals surface area contributed by atoms with Gasteiger partial charge in [-0.15, -0.1) is 0 Å². The number of Topliss-reactive ketones (excluding diaryl/α,β-unsaturated/α-hetero) is 1. The van der Waals surface area contributed by atoms with Gasteiger partial charge in [0.1, 0.15) is 0 Å². The van der Waals surface area contributed by atoms with Crippen molar-refractivity contribution in [3.05, 3.63) is 26.8 Å². The summed E-state index contributed by atoms with van der Waals surface area (Å²) in [6.07, 6.45) is 11.5. The summed E-state index contributed by atoms with van der Waals surface area (Å²) in [6, 6.07) is 3.58. The van der Waals surface area contributed by atoms with Crippen molar-refractivity contribution < 1.29 is 23.9 Å². The summed E-state index contributed by atoms with van der Waals surface area (Å²) in [7, 11) is 1.56. The molecule has 0 spiro atoms. The Hall–Kier alpha value is -1.90. The first-order chi connectivity index (χ1) is 14.5. The van der Waals surface area contributed by atoms with Gasteiger partial charge in [-0.25, -0.2) is 0 Å². The molecule has 2 fully saturated rings. The Morgan fingerprint density at radius 1 is 1.13 bits per heavy atom. The number of halogens is 1. The van der Waals surface area contributed by atoms with Gasteiger partial charge in [0.2, 0.25) is 5.91 Å². The maximum atomic E-state index is 12.0. The number of hydrogen-bond donors (Lipinski definition) is 1. The molecule has 1 saturated carbocycles. The smallest absolute Gasteiger partial charge is 0.261 e. The molecular weight excluding hydrogens is 497 g/mol. The van der Waals surface area contributed by atoms with Gasteiger partial charge in [-0.1, -0.05) is 38.5 Å². The first-order valence-electron chi connectivity index (χ1n) is 10.6. The fourth-order valence-corrected chi connectivity index (χ4v) is 4.85. The van der Waals surface area contributed by atoms with Gasteiger partial charge in [-0.05, 0) is 65.1 Å². The van der Waals surface area contributed by atoms with Crippen molar-refractivity contribution in [1.82, 2.24) is 5.32 Å². The number of methoxy groups -OCH3 is 1. The number of unbranched alkanes of at least 4 members (excludes halogenated alkanes) is 1. The van der Waals surface area contributed by atoms with Crippen molar-refractivity contribution in [1.29, 1.82) is 0 Å². The number of ketones is 1. The first-order valence-corrected chi connectivity index (χ1v) is 11.6. The van der Waals surface area contributed by atoms with E-state index in [0.717, 1.165) is 15.9 Å². The van der Waals surface area contributed by atoms with Gasteiger partial charge in [-0.2, -0.15) is 0 Å². The normalized spacial score (nSPS) is 19.1. The second-order valence-corrected chi connectivity index (χ2v) is 9.08. The molecule has 2 aliphatic rings. The molecule has 0 atom stereocenters. The number of rotatable bonds is 8. The highest BCUT2D eigenvalue weighted by Crippen LogP contribution is 2.35. The van der Waals surface area contributed by atoms with Crippen LogP contribution in [-0.2, 0) is 14.4 Å². The number of carbonyl (C=O) groups is 3. The molecule has 7 heteroatoms. The van der Waals surface area contributed by atoms with Gasteiger partial charge in [-0.3, -0.25) is 19.7 Å². The molecule has 1 N–H and O–H groups in total. The number of nitrogens with one attached hydrogen (secondary N) is 1. The van der Waals surface area contributed by atoms with E-state index >= 15 is 0 Å². The molecule has 1 saturated heterocycles. The molecule has 3 rings (SSSR count). The average molecular weight is 525 g/mol. The summed E-state index contributed by atoms with van der Waals surface area (Å²) >= 11 is 2.17. The average Bonchev–Trinajstić information content (AvgIpc) is 2.72. The number of piperidine rings is 1. The number of imide groups is 1. The molecule has 1 heterocycles. The molecule has 162 valence electrons. The third kappa shape index (κ3) is 6.06. The number of benzene rings is 1. The summed E-state index contributed by atoms with van der Waals surface area (Å²) in [5.74, 6) is 0.408. The lowest BCUT2D eigenvalue weighted by Gasteiger charge is -2.21. The van der Waals surface area contributed by atoms with Crippen molar-refractivity contribution in [2.24, 2.45) is 5.92 Å². The van der Waals surface area contributed by atoms with E-state index < -0.39 is 17.6 Å². The van der Waals surface area contributed by atoms with E-state index in [1.165, 1.54) is 51.0 Å². The van der Waals surface area contributed by atoms with E-state index in [-0.39, 0.29) is 12.0 Å². The third-order valence-corrected chi connectivity index (χ3v) is 6.46. The summed E-state index contributed by atoms with van der Waals surface area (Å²) < 4.78 is 12.3. The van der Waals surface area contributed by atoms with Gasteiger partial charge in [0.15, 0.2) is 17.3 Å². The fraction of sp³-hybridized carbons (Fsp3) is 0.522. The lowest BCUT2D eigenvalue weighted by molar-refractivity contribution is -0.134. The van der Waals surface area contributed by atoms with Crippen LogP contribution >= 0.6 is 22.6 Å². The summed E-state index contributed by atoms with van der Waals surface area (Å²) in [6.45, 7) is 0.628. The predicted molar refractivity (Wildman–Crippen MR) is 122 cm³/mol. The molecule has 1 aliphatic carbocycles. The van der Waals surface area contributed by atoms with Crippen molar-refractivity contribution in [2.75, 3.05) is 13.7 Å². The zero-order chi connectivity index (χ0) is 21.5. The Morgan fingerprint density at radius 3 is 2.60 bits per heavy atom. The first kappa shape index (κ1) is 22.8. The summed E-state index contributed by atoms with van der Waals surface area (Å²) in [5, 5.41) is 2.17. The van der Waals surface area contributed by atoms with Crippen LogP contribution in [0.1, 0.15) is 63.4 Å². The van der Waals surface area contributed by atoms with Gasteiger partial charge < -0.3 is 9.47 Å². The van der Waals surface area contributed by atoms with Crippen LogP contribution in [0, 0.1) is 9.49 Å². The Morgan fingerprint density at radius 2 is 1.90 bits per heavy atom. The maximum Gasteiger partial charge on any atom is 0.261 e. The van der Waals surface area contributed by atoms with Gasteiger partial charge in [0.05, 0.1) is 29.3 Å². The van der Waals surface area contributed by atoms with Crippen LogP contribution in [0.5, 0.6) is 11.5 Å². The zero-order valence-corrected chi connectivity index (χ0v) is 19.5. The number of ether oxygens (including phenoxy) is 2. The van der Waals surface area contributed by atoms with Gasteiger partial charge in [0.25, 0.3) is 5.91 Å². The molecule has 2 amide bonds. The molecule has 0 radical (unpaired) electrons. The highest BCUT2D eigenvalue weighted by atomic mass is 127. The zero-order valence-electron chi connectivity index (χ0n) is 17.3. The maximum absolute atomic E-state index is 12.0. The minimum atomic E-state index is -0.663. The molecule has 6 nitrogen and oxygen atoms in total. The van der Waals surface area contributed by atoms with Crippen LogP contribution in [0.15, 0.2) is 17.7 Å². The van der Waals surface area contributed by atoms with Crippen molar-refractivity contribution in [3.8, 4) is 11.5 Å². The second kappa shape index (κ2) is 10.9. The lowest BCUT2D eigenvalue weighted by atomic mass is 9.86. The molecule has 30 heavy (non-hydrogen) atoms. The quantitative estimate of drug-likeness (QED) is 0.136. The number of hydrogen-bond acceptors (Lipinski definition) is 5. The van der Waals surface area contributed by atoms with Crippen LogP contribution < -0.4 is 14.8 Å². The van der Waals surface area contributed by atoms with Gasteiger partial charge in [0, 0.05) is 0 Å². The largest absolute Gasteiger partial charge is 0.493 e. The van der Waals surface area contributed by atoms with Gasteiger partial charge >= 0.3 is 0 Å². The Bertz CT molecular complexity index is 820. The molecule has 0 bridgehead atoms. The molecular formula is C23H28INO5. The molecule has 1 aliphatic heterocycles. The van der Waals surface area contributed by atoms with E-state index in [9.17, 15) is 14.4 Å². The van der Waals surface area contributed by atoms with Crippen molar-refractivity contribution in [2.45, 2.75) is 57.8 Å². The summed E-state index contributed by atoms with van der Waals surface area (Å²) in [4.78, 5) is 35.3. The van der Waals surface area contributed by atoms with Crippen LogP contribution in [0.3, 0.4) is 0 Å².